The summed E-state index contributed by atoms with van der Waals surface area (Å²) in [5.74, 6) is 3.16. The molecule has 28 aromatic rings. The molecule has 0 amide bonds. The number of para-hydroxylation sites is 10. The van der Waals surface area contributed by atoms with Crippen LogP contribution >= 0.6 is 22.6 Å². The second-order valence-corrected chi connectivity index (χ2v) is 35.0. The molecule has 8 heterocycles. The predicted molar refractivity (Wildman–Crippen MR) is 591 cm³/mol. The fourth-order valence-electron chi connectivity index (χ4n) is 20.5. The van der Waals surface area contributed by atoms with Crippen LogP contribution in [0.4, 0.5) is 4.39 Å². The summed E-state index contributed by atoms with van der Waals surface area (Å²) >= 11 is 2.15. The molecule has 0 atom stereocenters. The molecule has 0 saturated heterocycles. The number of H-pyrrole nitrogens is 1. The minimum Gasteiger partial charge on any atom is -0.355 e. The first-order valence-corrected chi connectivity index (χ1v) is 49.3. The number of hydrogen-bond donors (Lipinski definition) is 1. The van der Waals surface area contributed by atoms with Gasteiger partial charge in [0.2, 0.25) is 0 Å². The molecule has 0 unspecified atom stereocenters. The molecular weight excluding hydrogens is 1840 g/mol. The van der Waals surface area contributed by atoms with Crippen LogP contribution in [0.15, 0.2) is 485 Å². The number of fused-ring (bicyclic) bond motifs is 18. The lowest BCUT2D eigenvalue weighted by atomic mass is 10.0. The van der Waals surface area contributed by atoms with Gasteiger partial charge in [0, 0.05) is 120 Å². The molecule has 8 aromatic heterocycles. The van der Waals surface area contributed by atoms with Gasteiger partial charge in [0.25, 0.3) is 0 Å². The topological polar surface area (TPSA) is 118 Å². The van der Waals surface area contributed by atoms with Crippen LogP contribution in [0.5, 0.6) is 0 Å². The fourth-order valence-corrected chi connectivity index (χ4v) is 20.5. The Bertz CT molecular complexity index is 9450. The zero-order valence-corrected chi connectivity index (χ0v) is 78.5. The lowest BCUT2D eigenvalue weighted by molar-refractivity contribution is 0.621. The zero-order valence-electron chi connectivity index (χ0n) is 76.4. The van der Waals surface area contributed by atoms with Crippen LogP contribution < -0.4 is 0 Å². The predicted octanol–water partition coefficient (Wildman–Crippen LogP) is 33.1. The zero-order chi connectivity index (χ0) is 94.0. The fraction of sp³-hybridized carbons (Fsp3) is 0.00787. The van der Waals surface area contributed by atoms with Crippen molar-refractivity contribution in [3.63, 3.8) is 0 Å². The number of hydrogen-bond acceptors (Lipinski definition) is 6. The van der Waals surface area contributed by atoms with Gasteiger partial charge in [0.15, 0.2) is 34.9 Å². The maximum Gasteiger partial charge on any atom is 0.164 e. The molecule has 141 heavy (non-hydrogen) atoms. The Hall–Kier alpha value is -18.1. The Morgan fingerprint density at radius 3 is 0.766 bits per heavy atom. The molecule has 0 bridgehead atoms. The van der Waals surface area contributed by atoms with Crippen molar-refractivity contribution in [3.05, 3.63) is 491 Å². The number of rotatable bonds is 13. The first-order chi connectivity index (χ1) is 69.9. The van der Waals surface area contributed by atoms with Crippen molar-refractivity contribution in [1.29, 1.82) is 0 Å². The standard InChI is InChI=1S/C63H40N6.C33H21FN4.C30H20N2.CH3I/c1-4-18-41(19-5-1)61-64-62(42-20-6-2-7-21-42)66-63(65-61)45-34-37-59(60(40-45)69-54-29-15-10-24-47(54)48-25-11-16-30-55(48)69)68-56-31-17-13-27-50(56)52-39-44(33-36-58(52)68)43-32-35-57-51(38-43)49-26-12-14-28-53(49)67(57)46-22-8-3-9-23-46;34-27-20-19-24(21-30(27)38-28-17-9-7-15-25(28)26-16-8-10-18-29(26)38)33-36-31(22-11-3-1-4-12-22)35-32(37-33)23-13-5-2-6-14-23;1-2-8-22(9-3-1)32-29-13-7-5-11-24(29)26-19-21(15-17-30(26)32)20-14-16-28-25(18-20)23-10-4-6-12-27(23)31-28;1-2/h1-40H;1-21H;1-19,31H;1H3. The van der Waals surface area contributed by atoms with E-state index in [1.807, 2.05) is 149 Å². The SMILES string of the molecule is CI.Fc1ccc(-c2nc(-c3ccccc3)nc(-c3ccccc3)n2)cc1-n1c2ccccc2c2ccccc21.c1ccc(-c2nc(-c3ccccc3)nc(-c3ccc(-n4c5ccccc5c5cc(-c6ccc7c(c6)c6ccccc6n7-c6ccccc6)ccc54)c(-n4c5ccccc5c5ccccc54)c3)n2)cc1.c1ccc(-n2c3ccccc3c3cc(-c4ccc5[nH]c6ccccc6c5c4)ccc32)cc1. The summed E-state index contributed by atoms with van der Waals surface area (Å²) in [5.41, 5.74) is 28.5. The minimum absolute atomic E-state index is 0.319. The molecule has 0 radical (unpaired) electrons. The third-order valence-electron chi connectivity index (χ3n) is 26.9. The molecule has 14 heteroatoms. The molecular formula is C127H84FIN12. The minimum atomic E-state index is -0.319. The molecule has 20 aromatic carbocycles. The third-order valence-corrected chi connectivity index (χ3v) is 26.9. The van der Waals surface area contributed by atoms with Crippen LogP contribution in [-0.2, 0) is 0 Å². The van der Waals surface area contributed by atoms with Gasteiger partial charge >= 0.3 is 0 Å². The van der Waals surface area contributed by atoms with Crippen molar-refractivity contribution >= 4 is 153 Å². The summed E-state index contributed by atoms with van der Waals surface area (Å²) in [6.45, 7) is 0. The summed E-state index contributed by atoms with van der Waals surface area (Å²) in [5, 5.41) is 14.5. The van der Waals surface area contributed by atoms with Crippen molar-refractivity contribution in [2.24, 2.45) is 0 Å². The van der Waals surface area contributed by atoms with E-state index in [2.05, 4.69) is 379 Å². The molecule has 0 spiro atoms. The Morgan fingerprint density at radius 1 is 0.170 bits per heavy atom. The number of halogens is 2. The van der Waals surface area contributed by atoms with Crippen LogP contribution in [0.25, 0.3) is 250 Å². The molecule has 0 fully saturated rings. The molecule has 0 aliphatic rings. The van der Waals surface area contributed by atoms with Crippen LogP contribution in [0.3, 0.4) is 0 Å². The third kappa shape index (κ3) is 15.2. The van der Waals surface area contributed by atoms with Gasteiger partial charge in [-0.3, -0.25) is 0 Å². The Balaban J connectivity index is 0.000000122. The maximum absolute atomic E-state index is 15.5. The van der Waals surface area contributed by atoms with Gasteiger partial charge < -0.3 is 27.8 Å². The second-order valence-electron chi connectivity index (χ2n) is 35.0. The van der Waals surface area contributed by atoms with Crippen LogP contribution in [0, 0.1) is 5.82 Å². The van der Waals surface area contributed by atoms with E-state index in [-0.39, 0.29) is 5.82 Å². The lowest BCUT2D eigenvalue weighted by Gasteiger charge is -2.18. The highest BCUT2D eigenvalue weighted by atomic mass is 127. The molecule has 0 aliphatic carbocycles. The van der Waals surface area contributed by atoms with Crippen molar-refractivity contribution < 1.29 is 4.39 Å². The molecule has 666 valence electrons. The van der Waals surface area contributed by atoms with E-state index < -0.39 is 0 Å². The first kappa shape index (κ1) is 84.6. The number of aromatic nitrogens is 12. The summed E-state index contributed by atoms with van der Waals surface area (Å²) in [4.78, 5) is 35.3. The van der Waals surface area contributed by atoms with Gasteiger partial charge in [0.1, 0.15) is 5.82 Å². The Kier molecular flexibility index (Phi) is 21.7. The lowest BCUT2D eigenvalue weighted by Crippen LogP contribution is -2.05. The molecule has 0 saturated carbocycles. The van der Waals surface area contributed by atoms with Gasteiger partial charge in [-0.2, -0.15) is 0 Å². The number of alkyl halides is 1. The highest BCUT2D eigenvalue weighted by Gasteiger charge is 2.26. The highest BCUT2D eigenvalue weighted by molar-refractivity contribution is 14.1. The number of benzene rings is 20. The molecule has 0 aliphatic heterocycles. The van der Waals surface area contributed by atoms with E-state index >= 15 is 4.39 Å². The summed E-state index contributed by atoms with van der Waals surface area (Å²) < 4.78 is 27.1. The normalized spacial score (nSPS) is 11.5. The van der Waals surface area contributed by atoms with Crippen molar-refractivity contribution in [1.82, 2.24) is 57.7 Å². The van der Waals surface area contributed by atoms with Gasteiger partial charge in [-0.15, -0.1) is 0 Å². The average Bonchev–Trinajstić information content (AvgIpc) is 1.57. The highest BCUT2D eigenvalue weighted by Crippen LogP contribution is 2.45. The van der Waals surface area contributed by atoms with Crippen LogP contribution in [-0.4, -0.2) is 62.7 Å². The number of nitrogens with one attached hydrogen (secondary N) is 1. The van der Waals surface area contributed by atoms with Gasteiger partial charge in [-0.25, -0.2) is 34.3 Å². The van der Waals surface area contributed by atoms with Crippen LogP contribution in [0.2, 0.25) is 0 Å². The van der Waals surface area contributed by atoms with Crippen molar-refractivity contribution in [2.45, 2.75) is 0 Å². The smallest absolute Gasteiger partial charge is 0.164 e. The first-order valence-electron chi connectivity index (χ1n) is 47.1. The summed E-state index contributed by atoms with van der Waals surface area (Å²) in [6, 6.07) is 169. The van der Waals surface area contributed by atoms with Crippen molar-refractivity contribution in [2.75, 3.05) is 4.93 Å². The molecule has 1 N–H and O–H groups in total. The second kappa shape index (κ2) is 36.2. The quantitative estimate of drug-likeness (QED) is 0.0907. The Labute approximate surface area is 824 Å². The monoisotopic (exact) mass is 1920 g/mol. The number of aromatic amines is 1. The van der Waals surface area contributed by atoms with Crippen molar-refractivity contribution in [3.8, 4) is 119 Å². The van der Waals surface area contributed by atoms with E-state index in [0.29, 0.717) is 46.2 Å². The van der Waals surface area contributed by atoms with Gasteiger partial charge in [0.05, 0.1) is 72.2 Å². The maximum atomic E-state index is 15.5. The van der Waals surface area contributed by atoms with E-state index in [1.165, 1.54) is 121 Å². The molecule has 12 nitrogen and oxygen atoms in total. The molecule has 28 rings (SSSR count). The summed E-state index contributed by atoms with van der Waals surface area (Å²) in [6.07, 6.45) is 0. The van der Waals surface area contributed by atoms with E-state index in [4.69, 9.17) is 29.9 Å². The van der Waals surface area contributed by atoms with E-state index in [0.717, 1.165) is 88.8 Å². The van der Waals surface area contributed by atoms with Gasteiger partial charge in [-0.05, 0) is 185 Å². The van der Waals surface area contributed by atoms with Crippen LogP contribution in [0.1, 0.15) is 0 Å². The summed E-state index contributed by atoms with van der Waals surface area (Å²) in [7, 11) is 0. The number of nitrogens with zero attached hydrogens (tertiary/aromatic N) is 11. The van der Waals surface area contributed by atoms with E-state index in [9.17, 15) is 0 Å². The largest absolute Gasteiger partial charge is 0.355 e. The van der Waals surface area contributed by atoms with E-state index in [1.54, 1.807) is 6.07 Å². The average molecular weight is 1920 g/mol. The van der Waals surface area contributed by atoms with Gasteiger partial charge in [-0.1, -0.05) is 350 Å². The Morgan fingerprint density at radius 2 is 0.404 bits per heavy atom.